The lowest BCUT2D eigenvalue weighted by atomic mass is 9.98. The van der Waals surface area contributed by atoms with Gasteiger partial charge in [0.2, 0.25) is 0 Å². The fourth-order valence-electron chi connectivity index (χ4n) is 2.26. The van der Waals surface area contributed by atoms with Crippen molar-refractivity contribution in [2.24, 2.45) is 0 Å². The molecular formula is C13H21N3O. The first kappa shape index (κ1) is 12.2. The maximum Gasteiger partial charge on any atom is 0.0637 e. The summed E-state index contributed by atoms with van der Waals surface area (Å²) in [5, 5.41) is 13.2. The van der Waals surface area contributed by atoms with Crippen LogP contribution in [0.25, 0.3) is 0 Å². The second-order valence-electron chi connectivity index (χ2n) is 5.02. The molecule has 1 atom stereocenters. The van der Waals surface area contributed by atoms with Crippen LogP contribution >= 0.6 is 0 Å². The SMILES string of the molecule is CNc1cncc(N2CCCC(C)(O)CC2)c1. The molecule has 1 aliphatic heterocycles. The second kappa shape index (κ2) is 4.92. The van der Waals surface area contributed by atoms with Crippen LogP contribution in [0.5, 0.6) is 0 Å². The summed E-state index contributed by atoms with van der Waals surface area (Å²) in [5.41, 5.74) is 1.65. The molecule has 0 saturated carbocycles. The molecular weight excluding hydrogens is 214 g/mol. The summed E-state index contributed by atoms with van der Waals surface area (Å²) < 4.78 is 0. The molecule has 94 valence electrons. The van der Waals surface area contributed by atoms with E-state index < -0.39 is 5.60 Å². The zero-order valence-corrected chi connectivity index (χ0v) is 10.6. The van der Waals surface area contributed by atoms with Crippen molar-refractivity contribution in [1.29, 1.82) is 0 Å². The largest absolute Gasteiger partial charge is 0.390 e. The van der Waals surface area contributed by atoms with E-state index in [1.165, 1.54) is 0 Å². The predicted octanol–water partition coefficient (Wildman–Crippen LogP) is 1.86. The Balaban J connectivity index is 2.11. The minimum atomic E-state index is -0.511. The Morgan fingerprint density at radius 2 is 2.18 bits per heavy atom. The van der Waals surface area contributed by atoms with Crippen LogP contribution in [0.2, 0.25) is 0 Å². The fraction of sp³-hybridized carbons (Fsp3) is 0.615. The lowest BCUT2D eigenvalue weighted by Gasteiger charge is -2.24. The highest BCUT2D eigenvalue weighted by atomic mass is 16.3. The van der Waals surface area contributed by atoms with Gasteiger partial charge in [0.15, 0.2) is 0 Å². The topological polar surface area (TPSA) is 48.4 Å². The Morgan fingerprint density at radius 1 is 1.35 bits per heavy atom. The van der Waals surface area contributed by atoms with E-state index in [9.17, 15) is 5.11 Å². The van der Waals surface area contributed by atoms with Crippen molar-refractivity contribution in [3.63, 3.8) is 0 Å². The highest BCUT2D eigenvalue weighted by molar-refractivity contribution is 5.55. The Labute approximate surface area is 103 Å². The number of anilines is 2. The molecule has 0 bridgehead atoms. The first-order chi connectivity index (χ1) is 8.11. The van der Waals surface area contributed by atoms with Crippen LogP contribution in [-0.4, -0.2) is 35.8 Å². The van der Waals surface area contributed by atoms with Crippen LogP contribution in [0.15, 0.2) is 18.5 Å². The van der Waals surface area contributed by atoms with Gasteiger partial charge >= 0.3 is 0 Å². The van der Waals surface area contributed by atoms with Gasteiger partial charge in [0.25, 0.3) is 0 Å². The monoisotopic (exact) mass is 235 g/mol. The number of hydrogen-bond donors (Lipinski definition) is 2. The van der Waals surface area contributed by atoms with Crippen molar-refractivity contribution in [2.45, 2.75) is 31.8 Å². The van der Waals surface area contributed by atoms with Crippen LogP contribution in [0.4, 0.5) is 11.4 Å². The van der Waals surface area contributed by atoms with Gasteiger partial charge in [0.05, 0.1) is 29.4 Å². The number of aromatic nitrogens is 1. The van der Waals surface area contributed by atoms with E-state index in [-0.39, 0.29) is 0 Å². The molecule has 0 amide bonds. The standard InChI is InChI=1S/C13H21N3O/c1-13(17)4-3-6-16(7-5-13)12-8-11(14-2)9-15-10-12/h8-10,14,17H,3-7H2,1-2H3. The van der Waals surface area contributed by atoms with Crippen LogP contribution in [0.3, 0.4) is 0 Å². The lowest BCUT2D eigenvalue weighted by Crippen LogP contribution is -2.28. The third-order valence-corrected chi connectivity index (χ3v) is 3.44. The van der Waals surface area contributed by atoms with Crippen LogP contribution < -0.4 is 10.2 Å². The van der Waals surface area contributed by atoms with E-state index in [4.69, 9.17) is 0 Å². The Bertz CT molecular complexity index is 379. The third kappa shape index (κ3) is 3.09. The molecule has 1 aromatic heterocycles. The molecule has 1 aromatic rings. The van der Waals surface area contributed by atoms with E-state index in [0.717, 1.165) is 43.7 Å². The molecule has 1 saturated heterocycles. The molecule has 2 rings (SSSR count). The van der Waals surface area contributed by atoms with Crippen molar-refractivity contribution in [2.75, 3.05) is 30.4 Å². The molecule has 2 N–H and O–H groups in total. The van der Waals surface area contributed by atoms with E-state index in [0.29, 0.717) is 0 Å². The molecule has 4 heteroatoms. The molecule has 0 radical (unpaired) electrons. The van der Waals surface area contributed by atoms with Crippen LogP contribution in [-0.2, 0) is 0 Å². The normalized spacial score (nSPS) is 25.5. The van der Waals surface area contributed by atoms with E-state index in [1.54, 1.807) is 0 Å². The Morgan fingerprint density at radius 3 is 2.94 bits per heavy atom. The molecule has 0 aromatic carbocycles. The highest BCUT2D eigenvalue weighted by Gasteiger charge is 2.25. The third-order valence-electron chi connectivity index (χ3n) is 3.44. The first-order valence-corrected chi connectivity index (χ1v) is 6.21. The van der Waals surface area contributed by atoms with Gasteiger partial charge in [-0.2, -0.15) is 0 Å². The maximum atomic E-state index is 10.1. The summed E-state index contributed by atoms with van der Waals surface area (Å²) in [5.74, 6) is 0. The predicted molar refractivity (Wildman–Crippen MR) is 70.5 cm³/mol. The van der Waals surface area contributed by atoms with Crippen molar-refractivity contribution >= 4 is 11.4 Å². The van der Waals surface area contributed by atoms with Gasteiger partial charge in [-0.15, -0.1) is 0 Å². The van der Waals surface area contributed by atoms with Crippen molar-refractivity contribution < 1.29 is 5.11 Å². The minimum Gasteiger partial charge on any atom is -0.390 e. The summed E-state index contributed by atoms with van der Waals surface area (Å²) >= 11 is 0. The molecule has 0 spiro atoms. The van der Waals surface area contributed by atoms with Gasteiger partial charge in [-0.3, -0.25) is 4.98 Å². The van der Waals surface area contributed by atoms with Gasteiger partial charge in [0.1, 0.15) is 0 Å². The van der Waals surface area contributed by atoms with E-state index in [1.807, 2.05) is 26.4 Å². The number of nitrogens with one attached hydrogen (secondary N) is 1. The summed E-state index contributed by atoms with van der Waals surface area (Å²) in [7, 11) is 1.90. The fourth-order valence-corrected chi connectivity index (χ4v) is 2.26. The van der Waals surface area contributed by atoms with E-state index in [2.05, 4.69) is 21.3 Å². The summed E-state index contributed by atoms with van der Waals surface area (Å²) in [4.78, 5) is 6.53. The molecule has 1 aliphatic rings. The average Bonchev–Trinajstić information content (AvgIpc) is 2.50. The number of nitrogens with zero attached hydrogens (tertiary/aromatic N) is 2. The van der Waals surface area contributed by atoms with E-state index >= 15 is 0 Å². The summed E-state index contributed by atoms with van der Waals surface area (Å²) in [6, 6.07) is 2.10. The lowest BCUT2D eigenvalue weighted by molar-refractivity contribution is 0.0481. The molecule has 4 nitrogen and oxygen atoms in total. The number of rotatable bonds is 2. The van der Waals surface area contributed by atoms with Crippen LogP contribution in [0, 0.1) is 0 Å². The zero-order chi connectivity index (χ0) is 12.3. The van der Waals surface area contributed by atoms with Gasteiger partial charge < -0.3 is 15.3 Å². The maximum absolute atomic E-state index is 10.1. The number of pyridine rings is 1. The molecule has 1 fully saturated rings. The van der Waals surface area contributed by atoms with Crippen molar-refractivity contribution in [1.82, 2.24) is 4.98 Å². The Kier molecular flexibility index (Phi) is 3.52. The van der Waals surface area contributed by atoms with Crippen molar-refractivity contribution in [3.05, 3.63) is 18.5 Å². The molecule has 0 aliphatic carbocycles. The Hall–Kier alpha value is -1.29. The van der Waals surface area contributed by atoms with Crippen LogP contribution in [0.1, 0.15) is 26.2 Å². The number of hydrogen-bond acceptors (Lipinski definition) is 4. The van der Waals surface area contributed by atoms with Gasteiger partial charge in [-0.25, -0.2) is 0 Å². The quantitative estimate of drug-likeness (QED) is 0.821. The minimum absolute atomic E-state index is 0.511. The first-order valence-electron chi connectivity index (χ1n) is 6.21. The second-order valence-corrected chi connectivity index (χ2v) is 5.02. The summed E-state index contributed by atoms with van der Waals surface area (Å²) in [6.45, 7) is 3.81. The van der Waals surface area contributed by atoms with Gasteiger partial charge in [-0.05, 0) is 32.3 Å². The summed E-state index contributed by atoms with van der Waals surface area (Å²) in [6.07, 6.45) is 6.43. The molecule has 1 unspecified atom stereocenters. The highest BCUT2D eigenvalue weighted by Crippen LogP contribution is 2.25. The molecule has 17 heavy (non-hydrogen) atoms. The van der Waals surface area contributed by atoms with Gasteiger partial charge in [-0.1, -0.05) is 0 Å². The molecule has 2 heterocycles. The average molecular weight is 235 g/mol. The smallest absolute Gasteiger partial charge is 0.0637 e. The number of aliphatic hydroxyl groups is 1. The zero-order valence-electron chi connectivity index (χ0n) is 10.6. The van der Waals surface area contributed by atoms with Gasteiger partial charge in [0, 0.05) is 20.1 Å². The van der Waals surface area contributed by atoms with Crippen molar-refractivity contribution in [3.8, 4) is 0 Å².